The molecule has 1 fully saturated rings. The van der Waals surface area contributed by atoms with E-state index in [2.05, 4.69) is 5.32 Å². The monoisotopic (exact) mass is 424 g/mol. The molecule has 2 aliphatic rings. The fraction of sp³-hybridized carbons (Fsp3) is 0.348. The summed E-state index contributed by atoms with van der Waals surface area (Å²) in [5, 5.41) is 2.89. The summed E-state index contributed by atoms with van der Waals surface area (Å²) >= 11 is 0. The van der Waals surface area contributed by atoms with Crippen molar-refractivity contribution in [3.05, 3.63) is 58.7 Å². The summed E-state index contributed by atoms with van der Waals surface area (Å²) in [4.78, 5) is 39.6. The molecule has 8 nitrogen and oxygen atoms in total. The summed E-state index contributed by atoms with van der Waals surface area (Å²) in [6.45, 7) is 2.35. The zero-order chi connectivity index (χ0) is 22.1. The van der Waals surface area contributed by atoms with E-state index in [-0.39, 0.29) is 29.5 Å². The van der Waals surface area contributed by atoms with Gasteiger partial charge in [0.05, 0.1) is 14.2 Å². The quantitative estimate of drug-likeness (QED) is 0.716. The van der Waals surface area contributed by atoms with Gasteiger partial charge in [-0.2, -0.15) is 0 Å². The predicted molar refractivity (Wildman–Crippen MR) is 111 cm³/mol. The molecular weight excluding hydrogens is 400 g/mol. The Morgan fingerprint density at radius 1 is 1.13 bits per heavy atom. The van der Waals surface area contributed by atoms with Crippen molar-refractivity contribution < 1.29 is 28.6 Å². The van der Waals surface area contributed by atoms with E-state index in [9.17, 15) is 14.4 Å². The van der Waals surface area contributed by atoms with Crippen LogP contribution in [0.1, 0.15) is 46.1 Å². The smallest absolute Gasteiger partial charge is 0.344 e. The number of aryl methyl sites for hydroxylation is 1. The summed E-state index contributed by atoms with van der Waals surface area (Å²) in [7, 11) is 2.90. The Balaban J connectivity index is 1.57. The molecule has 0 aliphatic carbocycles. The van der Waals surface area contributed by atoms with Crippen LogP contribution < -0.4 is 14.8 Å². The van der Waals surface area contributed by atoms with Gasteiger partial charge >= 0.3 is 5.97 Å². The number of fused-ring (bicyclic) bond motifs is 1. The first-order valence-electron chi connectivity index (χ1n) is 10.0. The van der Waals surface area contributed by atoms with Crippen LogP contribution in [0.5, 0.6) is 11.5 Å². The number of rotatable bonds is 6. The zero-order valence-corrected chi connectivity index (χ0v) is 17.6. The second kappa shape index (κ2) is 8.29. The number of cyclic esters (lactones) is 1. The lowest BCUT2D eigenvalue weighted by Gasteiger charge is -2.29. The van der Waals surface area contributed by atoms with Gasteiger partial charge in [0.15, 0.2) is 11.5 Å². The minimum absolute atomic E-state index is 0.208. The molecule has 0 aromatic heterocycles. The van der Waals surface area contributed by atoms with Crippen molar-refractivity contribution in [3.8, 4) is 11.5 Å². The van der Waals surface area contributed by atoms with Crippen LogP contribution >= 0.6 is 0 Å². The summed E-state index contributed by atoms with van der Waals surface area (Å²) in [6, 6.07) is 10.4. The highest BCUT2D eigenvalue weighted by molar-refractivity contribution is 5.99. The molecular formula is C23H24N2O6. The molecule has 2 aliphatic heterocycles. The third-order valence-corrected chi connectivity index (χ3v) is 5.66. The maximum absolute atomic E-state index is 12.9. The van der Waals surface area contributed by atoms with Crippen LogP contribution in [0.15, 0.2) is 36.4 Å². The molecule has 31 heavy (non-hydrogen) atoms. The Bertz CT molecular complexity index is 1030. The molecule has 4 rings (SSSR count). The van der Waals surface area contributed by atoms with Crippen molar-refractivity contribution >= 4 is 17.8 Å². The average Bonchev–Trinajstić information content (AvgIpc) is 3.32. The third-order valence-electron chi connectivity index (χ3n) is 5.66. The predicted octanol–water partition coefficient (Wildman–Crippen LogP) is 2.49. The van der Waals surface area contributed by atoms with Gasteiger partial charge in [0, 0.05) is 18.5 Å². The highest BCUT2D eigenvalue weighted by Gasteiger charge is 2.47. The van der Waals surface area contributed by atoms with E-state index < -0.39 is 18.2 Å². The first-order valence-corrected chi connectivity index (χ1v) is 10.0. The lowest BCUT2D eigenvalue weighted by atomic mass is 10.0. The Kier molecular flexibility index (Phi) is 5.54. The van der Waals surface area contributed by atoms with Crippen LogP contribution in [0.25, 0.3) is 0 Å². The minimum Gasteiger partial charge on any atom is -0.493 e. The number of hydrogen-bond donors (Lipinski definition) is 1. The van der Waals surface area contributed by atoms with Gasteiger partial charge in [0.1, 0.15) is 11.6 Å². The van der Waals surface area contributed by atoms with Crippen LogP contribution in [0.2, 0.25) is 0 Å². The summed E-state index contributed by atoms with van der Waals surface area (Å²) in [6.07, 6.45) is -0.415. The lowest BCUT2D eigenvalue weighted by Crippen LogP contribution is -2.46. The molecule has 0 spiro atoms. The second-order valence-corrected chi connectivity index (χ2v) is 7.58. The number of hydrogen-bond acceptors (Lipinski definition) is 6. The Morgan fingerprint density at radius 3 is 2.55 bits per heavy atom. The molecule has 162 valence electrons. The largest absolute Gasteiger partial charge is 0.493 e. The molecule has 0 saturated carbocycles. The standard InChI is InChI=1S/C23H24N2O6/c1-13-4-6-14(7-5-13)12-24-21(27)16-9-11-18(26)25(16)22-15-8-10-17(29-2)20(30-3)19(15)23(28)31-22/h4-8,10,16,22H,9,11-12H2,1-3H3,(H,24,27). The van der Waals surface area contributed by atoms with E-state index in [4.69, 9.17) is 14.2 Å². The maximum Gasteiger partial charge on any atom is 0.344 e. The van der Waals surface area contributed by atoms with Gasteiger partial charge in [0.2, 0.25) is 18.0 Å². The number of benzene rings is 2. The van der Waals surface area contributed by atoms with Crippen molar-refractivity contribution in [2.45, 2.75) is 38.6 Å². The molecule has 1 saturated heterocycles. The maximum atomic E-state index is 12.9. The van der Waals surface area contributed by atoms with Gasteiger partial charge in [-0.05, 0) is 31.0 Å². The minimum atomic E-state index is -0.979. The van der Waals surface area contributed by atoms with Gasteiger partial charge in [-0.1, -0.05) is 29.8 Å². The molecule has 2 amide bonds. The van der Waals surface area contributed by atoms with Crippen LogP contribution in [-0.2, 0) is 20.9 Å². The fourth-order valence-corrected chi connectivity index (χ4v) is 4.06. The van der Waals surface area contributed by atoms with E-state index in [1.54, 1.807) is 12.1 Å². The van der Waals surface area contributed by atoms with Crippen molar-refractivity contribution in [3.63, 3.8) is 0 Å². The Hall–Kier alpha value is -3.55. The molecule has 0 radical (unpaired) electrons. The molecule has 8 heteroatoms. The fourth-order valence-electron chi connectivity index (χ4n) is 4.06. The number of methoxy groups -OCH3 is 2. The molecule has 2 atom stereocenters. The van der Waals surface area contributed by atoms with Crippen LogP contribution in [0.4, 0.5) is 0 Å². The van der Waals surface area contributed by atoms with E-state index >= 15 is 0 Å². The topological polar surface area (TPSA) is 94.2 Å². The van der Waals surface area contributed by atoms with Gasteiger partial charge < -0.3 is 19.5 Å². The summed E-state index contributed by atoms with van der Waals surface area (Å²) < 4.78 is 16.1. The number of carbonyl (C=O) groups is 3. The van der Waals surface area contributed by atoms with E-state index in [1.165, 1.54) is 19.1 Å². The third kappa shape index (κ3) is 3.69. The summed E-state index contributed by atoms with van der Waals surface area (Å²) in [5.74, 6) is -0.500. The lowest BCUT2D eigenvalue weighted by molar-refractivity contribution is -0.145. The van der Waals surface area contributed by atoms with Gasteiger partial charge in [-0.25, -0.2) is 4.79 Å². The first-order chi connectivity index (χ1) is 14.9. The highest BCUT2D eigenvalue weighted by atomic mass is 16.6. The van der Waals surface area contributed by atoms with E-state index in [0.29, 0.717) is 24.3 Å². The molecule has 2 aromatic rings. The number of amides is 2. The van der Waals surface area contributed by atoms with E-state index in [0.717, 1.165) is 11.1 Å². The number of ether oxygens (including phenoxy) is 3. The molecule has 2 aromatic carbocycles. The molecule has 2 unspecified atom stereocenters. The van der Waals surface area contributed by atoms with Crippen LogP contribution in [0.3, 0.4) is 0 Å². The SMILES string of the molecule is COc1ccc2c(c1OC)C(=O)OC2N1C(=O)CCC1C(=O)NCc1ccc(C)cc1. The van der Waals surface area contributed by atoms with E-state index in [1.807, 2.05) is 31.2 Å². The van der Waals surface area contributed by atoms with Gasteiger partial charge in [0.25, 0.3) is 0 Å². The van der Waals surface area contributed by atoms with Crippen molar-refractivity contribution in [1.82, 2.24) is 10.2 Å². The zero-order valence-electron chi connectivity index (χ0n) is 17.6. The highest BCUT2D eigenvalue weighted by Crippen LogP contribution is 2.45. The van der Waals surface area contributed by atoms with Crippen molar-refractivity contribution in [1.29, 1.82) is 0 Å². The van der Waals surface area contributed by atoms with Crippen LogP contribution in [-0.4, -0.2) is 42.9 Å². The van der Waals surface area contributed by atoms with Gasteiger partial charge in [-0.3, -0.25) is 14.5 Å². The van der Waals surface area contributed by atoms with Crippen molar-refractivity contribution in [2.24, 2.45) is 0 Å². The Morgan fingerprint density at radius 2 is 1.87 bits per heavy atom. The average molecular weight is 424 g/mol. The number of esters is 1. The molecule has 0 bridgehead atoms. The number of likely N-dealkylation sites (tertiary alicyclic amines) is 1. The van der Waals surface area contributed by atoms with Gasteiger partial charge in [-0.15, -0.1) is 0 Å². The summed E-state index contributed by atoms with van der Waals surface area (Å²) in [5.41, 5.74) is 2.79. The molecule has 1 N–H and O–H groups in total. The second-order valence-electron chi connectivity index (χ2n) is 7.58. The van der Waals surface area contributed by atoms with Crippen molar-refractivity contribution in [2.75, 3.05) is 14.2 Å². The number of nitrogens with zero attached hydrogens (tertiary/aromatic N) is 1. The number of carbonyl (C=O) groups excluding carboxylic acids is 3. The first kappa shape index (κ1) is 20.7. The van der Waals surface area contributed by atoms with Crippen LogP contribution in [0, 0.1) is 6.92 Å². The Labute approximate surface area is 180 Å². The molecule has 2 heterocycles. The normalized spacial score (nSPS) is 19.8. The number of nitrogens with one attached hydrogen (secondary N) is 1.